The first kappa shape index (κ1) is 14.9. The molecule has 12 heavy (non-hydrogen) atoms. The summed E-state index contributed by atoms with van der Waals surface area (Å²) in [5.41, 5.74) is 0. The summed E-state index contributed by atoms with van der Waals surface area (Å²) in [7, 11) is 0. The molecule has 0 saturated carbocycles. The molecule has 0 fully saturated rings. The van der Waals surface area contributed by atoms with Crippen molar-refractivity contribution in [3.8, 4) is 0 Å². The van der Waals surface area contributed by atoms with E-state index in [1.165, 1.54) is 0 Å². The van der Waals surface area contributed by atoms with Gasteiger partial charge in [-0.25, -0.2) is 0 Å². The SMILES string of the molecule is FC(F)(F)C(F)(F)C(F)(F)F.[NaH]. The van der Waals surface area contributed by atoms with Crippen LogP contribution in [0.15, 0.2) is 0 Å². The molecule has 0 heterocycles. The minimum atomic E-state index is -6.62. The molecule has 0 atom stereocenters. The van der Waals surface area contributed by atoms with Gasteiger partial charge in [0, 0.05) is 0 Å². The zero-order chi connectivity index (χ0) is 9.50. The Morgan fingerprint density at radius 3 is 0.667 bits per heavy atom. The molecule has 0 aromatic heterocycles. The first-order chi connectivity index (χ1) is 4.50. The molecule has 0 aliphatic rings. The van der Waals surface area contributed by atoms with Crippen LogP contribution in [0.4, 0.5) is 35.1 Å². The van der Waals surface area contributed by atoms with Crippen LogP contribution >= 0.6 is 0 Å². The molecule has 0 nitrogen and oxygen atoms in total. The average molecular weight is 212 g/mol. The zero-order valence-electron chi connectivity index (χ0n) is 4.52. The van der Waals surface area contributed by atoms with Crippen LogP contribution in [-0.2, 0) is 0 Å². The van der Waals surface area contributed by atoms with Gasteiger partial charge in [0.2, 0.25) is 0 Å². The molecule has 0 bridgehead atoms. The topological polar surface area (TPSA) is 0 Å². The van der Waals surface area contributed by atoms with Crippen molar-refractivity contribution in [1.29, 1.82) is 0 Å². The fraction of sp³-hybridized carbons (Fsp3) is 1.00. The summed E-state index contributed by atoms with van der Waals surface area (Å²) in [6.07, 6.45) is -13.2. The van der Waals surface area contributed by atoms with Crippen LogP contribution in [0.2, 0.25) is 0 Å². The number of rotatable bonds is 0. The Morgan fingerprint density at radius 2 is 0.667 bits per heavy atom. The van der Waals surface area contributed by atoms with Gasteiger partial charge in [-0.15, -0.1) is 0 Å². The zero-order valence-corrected chi connectivity index (χ0v) is 4.52. The van der Waals surface area contributed by atoms with Crippen molar-refractivity contribution < 1.29 is 35.1 Å². The van der Waals surface area contributed by atoms with Crippen LogP contribution in [0.25, 0.3) is 0 Å². The second-order valence-corrected chi connectivity index (χ2v) is 1.57. The first-order valence-corrected chi connectivity index (χ1v) is 2.01. The van der Waals surface area contributed by atoms with Crippen LogP contribution in [0.1, 0.15) is 0 Å². The van der Waals surface area contributed by atoms with E-state index in [4.69, 9.17) is 0 Å². The van der Waals surface area contributed by atoms with Gasteiger partial charge in [-0.3, -0.25) is 0 Å². The van der Waals surface area contributed by atoms with Crippen molar-refractivity contribution in [3.05, 3.63) is 0 Å². The van der Waals surface area contributed by atoms with E-state index >= 15 is 0 Å². The molecule has 0 aromatic carbocycles. The Kier molecular flexibility index (Phi) is 4.56. The molecule has 9 heteroatoms. The van der Waals surface area contributed by atoms with E-state index in [0.717, 1.165) is 0 Å². The molecular weight excluding hydrogens is 211 g/mol. The predicted molar refractivity (Wildman–Crippen MR) is 24.2 cm³/mol. The maximum absolute atomic E-state index is 11.2. The normalized spacial score (nSPS) is 14.0. The van der Waals surface area contributed by atoms with E-state index in [9.17, 15) is 35.1 Å². The average Bonchev–Trinajstić information content (AvgIpc) is 1.58. The van der Waals surface area contributed by atoms with Crippen LogP contribution < -0.4 is 0 Å². The summed E-state index contributed by atoms with van der Waals surface area (Å²) < 4.78 is 87.5. The van der Waals surface area contributed by atoms with Crippen molar-refractivity contribution >= 4 is 29.6 Å². The van der Waals surface area contributed by atoms with Crippen LogP contribution in [0, 0.1) is 0 Å². The van der Waals surface area contributed by atoms with Gasteiger partial charge in [-0.1, -0.05) is 0 Å². The number of hydrogen-bond acceptors (Lipinski definition) is 0. The summed E-state index contributed by atoms with van der Waals surface area (Å²) in [6, 6.07) is 0. The van der Waals surface area contributed by atoms with E-state index in [2.05, 4.69) is 0 Å². The molecule has 0 amide bonds. The van der Waals surface area contributed by atoms with Gasteiger partial charge in [0.25, 0.3) is 0 Å². The molecule has 0 rings (SSSR count). The summed E-state index contributed by atoms with van der Waals surface area (Å²) in [6.45, 7) is 0. The summed E-state index contributed by atoms with van der Waals surface area (Å²) in [4.78, 5) is 0. The van der Waals surface area contributed by atoms with Crippen LogP contribution in [-0.4, -0.2) is 47.8 Å². The Balaban J connectivity index is 0. The predicted octanol–water partition coefficient (Wildman–Crippen LogP) is 2.10. The molecule has 0 saturated heterocycles. The Labute approximate surface area is 83.2 Å². The van der Waals surface area contributed by atoms with Gasteiger partial charge in [0.15, 0.2) is 0 Å². The van der Waals surface area contributed by atoms with Gasteiger partial charge in [0.1, 0.15) is 0 Å². The quantitative estimate of drug-likeness (QED) is 0.426. The fourth-order valence-corrected chi connectivity index (χ4v) is 0.161. The van der Waals surface area contributed by atoms with Crippen molar-refractivity contribution in [1.82, 2.24) is 0 Å². The molecule has 0 aliphatic heterocycles. The summed E-state index contributed by atoms with van der Waals surface area (Å²) in [5, 5.41) is 0. The second-order valence-electron chi connectivity index (χ2n) is 1.57. The van der Waals surface area contributed by atoms with E-state index in [1.54, 1.807) is 0 Å². The van der Waals surface area contributed by atoms with E-state index in [1.807, 2.05) is 0 Å². The molecule has 0 aliphatic carbocycles. The Morgan fingerprint density at radius 1 is 0.500 bits per heavy atom. The third-order valence-electron chi connectivity index (χ3n) is 0.712. The van der Waals surface area contributed by atoms with Crippen molar-refractivity contribution in [2.75, 3.05) is 0 Å². The Bertz CT molecular complexity index is 125. The molecule has 0 radical (unpaired) electrons. The standard InChI is InChI=1S/C3F8.Na.H/c4-1(5,2(6,7)8)3(9,10)11;;. The van der Waals surface area contributed by atoms with Crippen LogP contribution in [0.5, 0.6) is 0 Å². The van der Waals surface area contributed by atoms with E-state index in [0.29, 0.717) is 0 Å². The number of hydrogen-bond donors (Lipinski definition) is 0. The molecule has 0 N–H and O–H groups in total. The van der Waals surface area contributed by atoms with Crippen molar-refractivity contribution in [2.24, 2.45) is 0 Å². The third-order valence-corrected chi connectivity index (χ3v) is 0.712. The summed E-state index contributed by atoms with van der Waals surface area (Å²) in [5.74, 6) is -6.62. The van der Waals surface area contributed by atoms with E-state index in [-0.39, 0.29) is 29.6 Å². The van der Waals surface area contributed by atoms with Gasteiger partial charge in [-0.05, 0) is 0 Å². The second kappa shape index (κ2) is 3.67. The van der Waals surface area contributed by atoms with Gasteiger partial charge in [0.05, 0.1) is 0 Å². The molecule has 70 valence electrons. The number of halogens is 8. The molecule has 0 unspecified atom stereocenters. The molecular formula is C3HF8Na. The maximum atomic E-state index is 11.2. The van der Waals surface area contributed by atoms with Gasteiger partial charge < -0.3 is 0 Å². The summed E-state index contributed by atoms with van der Waals surface area (Å²) >= 11 is 0. The third kappa shape index (κ3) is 2.74. The fourth-order valence-electron chi connectivity index (χ4n) is 0.161. The first-order valence-electron chi connectivity index (χ1n) is 2.01. The monoisotopic (exact) mass is 212 g/mol. The minimum absolute atomic E-state index is 0. The van der Waals surface area contributed by atoms with Gasteiger partial charge >= 0.3 is 47.8 Å². The van der Waals surface area contributed by atoms with Gasteiger partial charge in [-0.2, -0.15) is 35.1 Å². The number of alkyl halides is 8. The van der Waals surface area contributed by atoms with Crippen LogP contribution in [0.3, 0.4) is 0 Å². The molecule has 0 aromatic rings. The Hall–Kier alpha value is 0.440. The van der Waals surface area contributed by atoms with Crippen molar-refractivity contribution in [2.45, 2.75) is 18.3 Å². The van der Waals surface area contributed by atoms with E-state index < -0.39 is 18.3 Å². The molecule has 0 spiro atoms. The van der Waals surface area contributed by atoms with Crippen molar-refractivity contribution in [3.63, 3.8) is 0 Å².